The maximum atomic E-state index is 11.4. The molecule has 0 bridgehead atoms. The van der Waals surface area contributed by atoms with E-state index in [0.717, 1.165) is 3.57 Å². The van der Waals surface area contributed by atoms with E-state index in [-0.39, 0.29) is 5.76 Å². The van der Waals surface area contributed by atoms with Gasteiger partial charge < -0.3 is 9.15 Å². The second-order valence-corrected chi connectivity index (χ2v) is 4.76. The van der Waals surface area contributed by atoms with Gasteiger partial charge in [-0.1, -0.05) is 0 Å². The van der Waals surface area contributed by atoms with E-state index < -0.39 is 11.6 Å². The van der Waals surface area contributed by atoms with Crippen LogP contribution in [0, 0.1) is 3.57 Å². The van der Waals surface area contributed by atoms with Gasteiger partial charge in [-0.3, -0.25) is 0 Å². The van der Waals surface area contributed by atoms with Crippen LogP contribution in [0.2, 0.25) is 0 Å². The van der Waals surface area contributed by atoms with Gasteiger partial charge in [0.15, 0.2) is 0 Å². The van der Waals surface area contributed by atoms with Crippen LogP contribution in [0.3, 0.4) is 0 Å². The van der Waals surface area contributed by atoms with E-state index in [2.05, 4.69) is 0 Å². The number of ether oxygens (including phenoxy) is 1. The van der Waals surface area contributed by atoms with Crippen molar-refractivity contribution in [2.45, 2.75) is 26.4 Å². The van der Waals surface area contributed by atoms with E-state index in [4.69, 9.17) is 9.15 Å². The molecule has 1 aromatic heterocycles. The zero-order valence-corrected chi connectivity index (χ0v) is 9.91. The third kappa shape index (κ3) is 3.02. The summed E-state index contributed by atoms with van der Waals surface area (Å²) in [6.07, 6.45) is 1.47. The van der Waals surface area contributed by atoms with E-state index in [1.807, 2.05) is 43.4 Å². The molecule has 13 heavy (non-hydrogen) atoms. The van der Waals surface area contributed by atoms with E-state index >= 15 is 0 Å². The second-order valence-electron chi connectivity index (χ2n) is 3.60. The van der Waals surface area contributed by atoms with Gasteiger partial charge in [0.05, 0.1) is 9.83 Å². The zero-order chi connectivity index (χ0) is 10.1. The molecular weight excluding hydrogens is 283 g/mol. The number of carbonyl (C=O) groups is 1. The molecule has 4 heteroatoms. The Bertz CT molecular complexity index is 309. The van der Waals surface area contributed by atoms with Crippen molar-refractivity contribution >= 4 is 28.6 Å². The molecule has 0 fully saturated rings. The molecule has 0 unspecified atom stereocenters. The zero-order valence-electron chi connectivity index (χ0n) is 7.76. The Balaban J connectivity index is 2.76. The highest BCUT2D eigenvalue weighted by Gasteiger charge is 2.21. The summed E-state index contributed by atoms with van der Waals surface area (Å²) in [5.41, 5.74) is -0.479. The number of hydrogen-bond acceptors (Lipinski definition) is 3. The Morgan fingerprint density at radius 2 is 2.15 bits per heavy atom. The molecular formula is C9H11IO3. The summed E-state index contributed by atoms with van der Waals surface area (Å²) >= 11 is 2.03. The topological polar surface area (TPSA) is 39.4 Å². The fourth-order valence-electron chi connectivity index (χ4n) is 0.764. The number of halogens is 1. The van der Waals surface area contributed by atoms with Crippen LogP contribution >= 0.6 is 22.6 Å². The van der Waals surface area contributed by atoms with Crippen molar-refractivity contribution in [1.82, 2.24) is 0 Å². The van der Waals surface area contributed by atoms with Crippen LogP contribution in [-0.4, -0.2) is 11.6 Å². The molecule has 0 saturated heterocycles. The van der Waals surface area contributed by atoms with Crippen molar-refractivity contribution in [1.29, 1.82) is 0 Å². The highest BCUT2D eigenvalue weighted by atomic mass is 127. The number of carbonyl (C=O) groups excluding carboxylic acids is 1. The first kappa shape index (κ1) is 10.6. The summed E-state index contributed by atoms with van der Waals surface area (Å²) in [6, 6.07) is 1.72. The Labute approximate surface area is 90.6 Å². The predicted molar refractivity (Wildman–Crippen MR) is 56.6 cm³/mol. The van der Waals surface area contributed by atoms with Gasteiger partial charge in [0.2, 0.25) is 5.76 Å². The third-order valence-corrected chi connectivity index (χ3v) is 2.05. The minimum absolute atomic E-state index is 0.274. The van der Waals surface area contributed by atoms with Gasteiger partial charge in [-0.05, 0) is 49.4 Å². The highest BCUT2D eigenvalue weighted by molar-refractivity contribution is 14.1. The van der Waals surface area contributed by atoms with Crippen molar-refractivity contribution in [2.24, 2.45) is 0 Å². The van der Waals surface area contributed by atoms with Gasteiger partial charge in [0, 0.05) is 0 Å². The molecule has 72 valence electrons. The Morgan fingerprint density at radius 3 is 2.54 bits per heavy atom. The van der Waals surface area contributed by atoms with Crippen molar-refractivity contribution in [3.63, 3.8) is 0 Å². The summed E-state index contributed by atoms with van der Waals surface area (Å²) in [7, 11) is 0. The fourth-order valence-corrected chi connectivity index (χ4v) is 1.26. The maximum Gasteiger partial charge on any atom is 0.375 e. The highest BCUT2D eigenvalue weighted by Crippen LogP contribution is 2.17. The predicted octanol–water partition coefficient (Wildman–Crippen LogP) is 2.84. The standard InChI is InChI=1S/C9H11IO3/c1-9(2,3)13-8(11)7-6(10)4-5-12-7/h4-5H,1-3H3. The van der Waals surface area contributed by atoms with Crippen molar-refractivity contribution in [3.05, 3.63) is 21.7 Å². The van der Waals surface area contributed by atoms with Gasteiger partial charge in [0.1, 0.15) is 5.60 Å². The average molecular weight is 294 g/mol. The third-order valence-electron chi connectivity index (χ3n) is 1.20. The normalized spacial score (nSPS) is 11.4. The molecule has 1 rings (SSSR count). The van der Waals surface area contributed by atoms with E-state index in [0.29, 0.717) is 0 Å². The quantitative estimate of drug-likeness (QED) is 0.590. The first-order valence-corrected chi connectivity index (χ1v) is 4.94. The smallest absolute Gasteiger partial charge is 0.375 e. The van der Waals surface area contributed by atoms with Crippen molar-refractivity contribution in [3.8, 4) is 0 Å². The SMILES string of the molecule is CC(C)(C)OC(=O)c1occc1I. The van der Waals surface area contributed by atoms with E-state index in [1.54, 1.807) is 6.07 Å². The number of rotatable bonds is 1. The fraction of sp³-hybridized carbons (Fsp3) is 0.444. The molecule has 0 aliphatic heterocycles. The first-order chi connectivity index (χ1) is 5.90. The summed E-state index contributed by atoms with van der Waals surface area (Å²) in [5.74, 6) is -0.141. The molecule has 0 saturated carbocycles. The average Bonchev–Trinajstić information content (AvgIpc) is 2.30. The van der Waals surface area contributed by atoms with Crippen LogP contribution in [-0.2, 0) is 4.74 Å². The Kier molecular flexibility index (Phi) is 3.00. The van der Waals surface area contributed by atoms with Gasteiger partial charge >= 0.3 is 5.97 Å². The lowest BCUT2D eigenvalue weighted by Crippen LogP contribution is -2.23. The monoisotopic (exact) mass is 294 g/mol. The van der Waals surface area contributed by atoms with Crippen LogP contribution in [0.15, 0.2) is 16.7 Å². The number of hydrogen-bond donors (Lipinski definition) is 0. The summed E-state index contributed by atoms with van der Waals surface area (Å²) in [4.78, 5) is 11.4. The van der Waals surface area contributed by atoms with Crippen LogP contribution in [0.4, 0.5) is 0 Å². The van der Waals surface area contributed by atoms with Crippen LogP contribution in [0.5, 0.6) is 0 Å². The molecule has 0 amide bonds. The number of furan rings is 1. The largest absolute Gasteiger partial charge is 0.456 e. The Hall–Kier alpha value is -0.520. The molecule has 0 radical (unpaired) electrons. The molecule has 0 N–H and O–H groups in total. The molecule has 1 aromatic rings. The van der Waals surface area contributed by atoms with Gasteiger partial charge in [-0.2, -0.15) is 0 Å². The lowest BCUT2D eigenvalue weighted by molar-refractivity contribution is 0.00344. The number of esters is 1. The van der Waals surface area contributed by atoms with Crippen LogP contribution in [0.1, 0.15) is 31.3 Å². The van der Waals surface area contributed by atoms with Gasteiger partial charge in [-0.25, -0.2) is 4.79 Å². The molecule has 0 atom stereocenters. The minimum atomic E-state index is -0.479. The second kappa shape index (κ2) is 3.69. The van der Waals surface area contributed by atoms with E-state index in [9.17, 15) is 4.79 Å². The first-order valence-electron chi connectivity index (χ1n) is 3.86. The van der Waals surface area contributed by atoms with Gasteiger partial charge in [-0.15, -0.1) is 0 Å². The van der Waals surface area contributed by atoms with Crippen molar-refractivity contribution in [2.75, 3.05) is 0 Å². The molecule has 0 aliphatic rings. The van der Waals surface area contributed by atoms with E-state index in [1.165, 1.54) is 6.26 Å². The summed E-state index contributed by atoms with van der Waals surface area (Å²) in [6.45, 7) is 5.46. The van der Waals surface area contributed by atoms with Crippen LogP contribution in [0.25, 0.3) is 0 Å². The lowest BCUT2D eigenvalue weighted by atomic mass is 10.2. The molecule has 1 heterocycles. The summed E-state index contributed by atoms with van der Waals surface area (Å²) in [5, 5.41) is 0. The minimum Gasteiger partial charge on any atom is -0.456 e. The van der Waals surface area contributed by atoms with Crippen molar-refractivity contribution < 1.29 is 13.9 Å². The van der Waals surface area contributed by atoms with Gasteiger partial charge in [0.25, 0.3) is 0 Å². The Morgan fingerprint density at radius 1 is 1.54 bits per heavy atom. The maximum absolute atomic E-state index is 11.4. The van der Waals surface area contributed by atoms with Crippen LogP contribution < -0.4 is 0 Å². The molecule has 0 aromatic carbocycles. The molecule has 3 nitrogen and oxygen atoms in total. The molecule has 0 spiro atoms. The summed E-state index contributed by atoms with van der Waals surface area (Å²) < 4.78 is 10.9. The molecule has 0 aliphatic carbocycles. The lowest BCUT2D eigenvalue weighted by Gasteiger charge is -2.18.